The maximum atomic E-state index is 10.1. The quantitative estimate of drug-likeness (QED) is 0.255. The summed E-state index contributed by atoms with van der Waals surface area (Å²) in [5.41, 5.74) is 0. The maximum absolute atomic E-state index is 10.1. The molecule has 0 unspecified atom stereocenters. The Morgan fingerprint density at radius 3 is 1.68 bits per heavy atom. The van der Waals surface area contributed by atoms with Gasteiger partial charge in [-0.05, 0) is 24.3 Å². The molecule has 0 atom stereocenters. The molecule has 1 nitrogen and oxygen atoms in total. The van der Waals surface area contributed by atoms with E-state index in [2.05, 4.69) is 6.92 Å². The van der Waals surface area contributed by atoms with E-state index in [0.717, 1.165) is 24.9 Å². The number of carbonyl (C=O) groups is 1. The van der Waals surface area contributed by atoms with Gasteiger partial charge in [0.05, 0.1) is 0 Å². The Labute approximate surface area is 125 Å². The molecule has 0 fully saturated rings. The first-order valence-electron chi connectivity index (χ1n) is 8.43. The van der Waals surface area contributed by atoms with Crippen LogP contribution in [0.5, 0.6) is 0 Å². The van der Waals surface area contributed by atoms with Crippen LogP contribution in [0, 0.1) is 0 Å². The summed E-state index contributed by atoms with van der Waals surface area (Å²) in [4.78, 5) is 10.1. The fourth-order valence-electron chi connectivity index (χ4n) is 2.24. The molecule has 0 aromatic heterocycles. The minimum atomic E-state index is 0.741. The molecule has 19 heavy (non-hydrogen) atoms. The van der Waals surface area contributed by atoms with E-state index in [9.17, 15) is 4.79 Å². The van der Waals surface area contributed by atoms with Crippen LogP contribution in [0.2, 0.25) is 0 Å². The van der Waals surface area contributed by atoms with Gasteiger partial charge in [0, 0.05) is 6.42 Å². The summed E-state index contributed by atoms with van der Waals surface area (Å²) in [6.45, 7) is 2.28. The van der Waals surface area contributed by atoms with Gasteiger partial charge >= 0.3 is 0 Å². The summed E-state index contributed by atoms with van der Waals surface area (Å²) in [6, 6.07) is 0. The molecule has 0 aromatic carbocycles. The zero-order valence-corrected chi connectivity index (χ0v) is 13.8. The minimum absolute atomic E-state index is 0.741. The topological polar surface area (TPSA) is 17.1 Å². The van der Waals surface area contributed by atoms with Gasteiger partial charge < -0.3 is 4.79 Å². The van der Waals surface area contributed by atoms with Gasteiger partial charge in [0.15, 0.2) is 0 Å². The van der Waals surface area contributed by atoms with Gasteiger partial charge in [0.1, 0.15) is 6.29 Å². The highest BCUT2D eigenvalue weighted by atomic mass is 32.2. The predicted molar refractivity (Wildman–Crippen MR) is 89.1 cm³/mol. The number of unbranched alkanes of at least 4 members (excludes halogenated alkanes) is 11. The lowest BCUT2D eigenvalue weighted by molar-refractivity contribution is -0.107. The molecule has 0 saturated heterocycles. The number of hydrogen-bond acceptors (Lipinski definition) is 2. The zero-order valence-electron chi connectivity index (χ0n) is 13.0. The highest BCUT2D eigenvalue weighted by Gasteiger charge is 1.94. The number of aldehydes is 1. The van der Waals surface area contributed by atoms with Crippen molar-refractivity contribution in [3.63, 3.8) is 0 Å². The first-order valence-corrected chi connectivity index (χ1v) is 9.58. The summed E-state index contributed by atoms with van der Waals surface area (Å²) >= 11 is 2.01. The van der Waals surface area contributed by atoms with E-state index in [-0.39, 0.29) is 0 Å². The lowest BCUT2D eigenvalue weighted by Crippen LogP contribution is -1.86. The lowest BCUT2D eigenvalue weighted by atomic mass is 10.1. The number of thioether (sulfide) groups is 1. The minimum Gasteiger partial charge on any atom is -0.303 e. The third-order valence-corrected chi connectivity index (χ3v) is 4.66. The largest absolute Gasteiger partial charge is 0.303 e. The molecular formula is C17H34OS. The van der Waals surface area contributed by atoms with Crippen LogP contribution in [0.15, 0.2) is 0 Å². The predicted octanol–water partition coefficient (Wildman–Crippen LogP) is 6.01. The third-order valence-electron chi connectivity index (χ3n) is 3.50. The number of carbonyl (C=O) groups excluding carboxylic acids is 1. The number of hydrogen-bond donors (Lipinski definition) is 0. The number of rotatable bonds is 16. The van der Waals surface area contributed by atoms with Gasteiger partial charge in [-0.3, -0.25) is 0 Å². The standard InChI is InChI=1S/C17H34OS/c1-2-3-4-5-6-7-8-9-10-11-13-16-19-17-14-12-15-18/h15H,2-14,16-17H2,1H3. The van der Waals surface area contributed by atoms with Crippen molar-refractivity contribution in [1.82, 2.24) is 0 Å². The van der Waals surface area contributed by atoms with Crippen LogP contribution in [0.1, 0.15) is 90.4 Å². The van der Waals surface area contributed by atoms with Crippen molar-refractivity contribution in [2.24, 2.45) is 0 Å². The third kappa shape index (κ3) is 18.0. The van der Waals surface area contributed by atoms with E-state index >= 15 is 0 Å². The highest BCUT2D eigenvalue weighted by Crippen LogP contribution is 2.13. The summed E-state index contributed by atoms with van der Waals surface area (Å²) in [5.74, 6) is 2.45. The van der Waals surface area contributed by atoms with E-state index in [1.54, 1.807) is 0 Å². The molecule has 0 aliphatic heterocycles. The van der Waals surface area contributed by atoms with Gasteiger partial charge in [-0.1, -0.05) is 71.1 Å². The van der Waals surface area contributed by atoms with E-state index < -0.39 is 0 Å². The van der Waals surface area contributed by atoms with Crippen molar-refractivity contribution in [1.29, 1.82) is 0 Å². The summed E-state index contributed by atoms with van der Waals surface area (Å²) in [5, 5.41) is 0. The van der Waals surface area contributed by atoms with Crippen molar-refractivity contribution in [2.75, 3.05) is 11.5 Å². The molecule has 0 amide bonds. The van der Waals surface area contributed by atoms with E-state index in [1.807, 2.05) is 11.8 Å². The van der Waals surface area contributed by atoms with Gasteiger partial charge in [-0.15, -0.1) is 0 Å². The first-order chi connectivity index (χ1) is 9.41. The zero-order chi connectivity index (χ0) is 14.0. The van der Waals surface area contributed by atoms with Crippen LogP contribution in [0.3, 0.4) is 0 Å². The van der Waals surface area contributed by atoms with Crippen LogP contribution in [0.25, 0.3) is 0 Å². The van der Waals surface area contributed by atoms with E-state index in [4.69, 9.17) is 0 Å². The second kappa shape index (κ2) is 18.0. The first kappa shape index (κ1) is 19.0. The Bertz CT molecular complexity index is 171. The average Bonchev–Trinajstić information content (AvgIpc) is 2.43. The van der Waals surface area contributed by atoms with Crippen LogP contribution in [-0.4, -0.2) is 17.8 Å². The summed E-state index contributed by atoms with van der Waals surface area (Å²) in [6.07, 6.45) is 18.5. The second-order valence-corrected chi connectivity index (χ2v) is 6.68. The van der Waals surface area contributed by atoms with Gasteiger partial charge in [-0.25, -0.2) is 0 Å². The molecule has 0 N–H and O–H groups in total. The van der Waals surface area contributed by atoms with Crippen LogP contribution >= 0.6 is 11.8 Å². The molecule has 114 valence electrons. The molecule has 0 spiro atoms. The molecular weight excluding hydrogens is 252 g/mol. The average molecular weight is 287 g/mol. The van der Waals surface area contributed by atoms with Gasteiger partial charge in [0.25, 0.3) is 0 Å². The van der Waals surface area contributed by atoms with Crippen LogP contribution in [0.4, 0.5) is 0 Å². The highest BCUT2D eigenvalue weighted by molar-refractivity contribution is 7.99. The monoisotopic (exact) mass is 286 g/mol. The summed E-state index contributed by atoms with van der Waals surface area (Å²) in [7, 11) is 0. The smallest absolute Gasteiger partial charge is 0.120 e. The normalized spacial score (nSPS) is 10.8. The Kier molecular flexibility index (Phi) is 18.0. The molecule has 0 bridgehead atoms. The molecule has 0 heterocycles. The molecule has 0 aliphatic rings. The molecule has 0 aliphatic carbocycles. The van der Waals surface area contributed by atoms with Gasteiger partial charge in [-0.2, -0.15) is 11.8 Å². The Morgan fingerprint density at radius 1 is 0.684 bits per heavy atom. The van der Waals surface area contributed by atoms with Crippen LogP contribution < -0.4 is 0 Å². The molecule has 0 radical (unpaired) electrons. The van der Waals surface area contributed by atoms with Crippen molar-refractivity contribution in [3.8, 4) is 0 Å². The fraction of sp³-hybridized carbons (Fsp3) is 0.941. The van der Waals surface area contributed by atoms with Crippen molar-refractivity contribution in [2.45, 2.75) is 90.4 Å². The Hall–Kier alpha value is 0.0200. The van der Waals surface area contributed by atoms with Crippen molar-refractivity contribution >= 4 is 18.0 Å². The van der Waals surface area contributed by atoms with E-state index in [1.165, 1.54) is 76.4 Å². The van der Waals surface area contributed by atoms with Crippen molar-refractivity contribution < 1.29 is 4.79 Å². The Balaban J connectivity index is 2.89. The van der Waals surface area contributed by atoms with Gasteiger partial charge in [0.2, 0.25) is 0 Å². The molecule has 0 aromatic rings. The molecule has 2 heteroatoms. The lowest BCUT2D eigenvalue weighted by Gasteiger charge is -2.02. The maximum Gasteiger partial charge on any atom is 0.120 e. The second-order valence-electron chi connectivity index (χ2n) is 5.46. The van der Waals surface area contributed by atoms with Crippen LogP contribution in [-0.2, 0) is 4.79 Å². The SMILES string of the molecule is CCCCCCCCCCCCCSCCCC=O. The molecule has 0 rings (SSSR count). The Morgan fingerprint density at radius 2 is 1.16 bits per heavy atom. The van der Waals surface area contributed by atoms with E-state index in [0.29, 0.717) is 0 Å². The molecule has 0 saturated carbocycles. The summed E-state index contributed by atoms with van der Waals surface area (Å²) < 4.78 is 0. The van der Waals surface area contributed by atoms with Crippen molar-refractivity contribution in [3.05, 3.63) is 0 Å². The fourth-order valence-corrected chi connectivity index (χ4v) is 3.22.